The Hall–Kier alpha value is -2.33. The summed E-state index contributed by atoms with van der Waals surface area (Å²) in [4.78, 5) is 6.64. The van der Waals surface area contributed by atoms with Gasteiger partial charge in [-0.2, -0.15) is 0 Å². The van der Waals surface area contributed by atoms with Crippen LogP contribution in [0.2, 0.25) is 0 Å². The summed E-state index contributed by atoms with van der Waals surface area (Å²) >= 11 is 0. The molecule has 0 saturated heterocycles. The Labute approximate surface area is 175 Å². The van der Waals surface area contributed by atoms with Crippen LogP contribution in [0.25, 0.3) is 0 Å². The molecule has 2 aromatic carbocycles. The molecule has 0 aliphatic rings. The molecule has 2 N–H and O–H groups in total. The summed E-state index contributed by atoms with van der Waals surface area (Å²) in [6.45, 7) is 14.6. The molecule has 2 rings (SSSR count). The van der Waals surface area contributed by atoms with Crippen molar-refractivity contribution in [3.63, 3.8) is 0 Å². The van der Waals surface area contributed by atoms with E-state index in [1.54, 1.807) is 6.21 Å². The van der Waals surface area contributed by atoms with E-state index < -0.39 is 0 Å². The number of hydrogen-bond acceptors (Lipinski definition) is 4. The minimum Gasteiger partial charge on any atom is -0.507 e. The second-order valence-electron chi connectivity index (χ2n) is 9.83. The quantitative estimate of drug-likeness (QED) is 0.656. The van der Waals surface area contributed by atoms with Crippen LogP contribution in [0.3, 0.4) is 0 Å². The average molecular weight is 397 g/mol. The summed E-state index contributed by atoms with van der Waals surface area (Å²) in [5.74, 6) is 0.695. The molecule has 0 spiro atoms. The van der Waals surface area contributed by atoms with Gasteiger partial charge in [0.1, 0.15) is 11.5 Å². The van der Waals surface area contributed by atoms with Crippen LogP contribution >= 0.6 is 0 Å². The van der Waals surface area contributed by atoms with Gasteiger partial charge in [0, 0.05) is 30.4 Å². The van der Waals surface area contributed by atoms with E-state index in [1.807, 2.05) is 43.4 Å². The van der Waals surface area contributed by atoms with Crippen molar-refractivity contribution in [1.29, 1.82) is 0 Å². The Morgan fingerprint density at radius 2 is 1.41 bits per heavy atom. The van der Waals surface area contributed by atoms with Crippen molar-refractivity contribution < 1.29 is 10.2 Å². The molecule has 0 fully saturated rings. The van der Waals surface area contributed by atoms with Gasteiger partial charge in [-0.05, 0) is 35.1 Å². The third-order valence-electron chi connectivity index (χ3n) is 5.08. The van der Waals surface area contributed by atoms with Crippen LogP contribution in [-0.4, -0.2) is 41.5 Å². The Balaban J connectivity index is 1.99. The van der Waals surface area contributed by atoms with Gasteiger partial charge >= 0.3 is 0 Å². The van der Waals surface area contributed by atoms with E-state index >= 15 is 0 Å². The standard InChI is InChI=1S/C25H36N2O2/c1-24(2,3)20-12-8-10-18(22(20)28)16-26-14-15-27(7)17-19-11-9-13-21(23(19)29)25(4,5)6/h8-13,16,28-29H,14-15,17H2,1-7H3. The lowest BCUT2D eigenvalue weighted by Gasteiger charge is -2.23. The minimum absolute atomic E-state index is 0.0907. The third kappa shape index (κ3) is 6.07. The van der Waals surface area contributed by atoms with Crippen molar-refractivity contribution >= 4 is 6.21 Å². The number of hydrogen-bond donors (Lipinski definition) is 2. The fraction of sp³-hybridized carbons (Fsp3) is 0.480. The van der Waals surface area contributed by atoms with Gasteiger partial charge in [0.2, 0.25) is 0 Å². The fourth-order valence-corrected chi connectivity index (χ4v) is 3.36. The van der Waals surface area contributed by atoms with Gasteiger partial charge in [-0.25, -0.2) is 0 Å². The van der Waals surface area contributed by atoms with Crippen molar-refractivity contribution in [2.45, 2.75) is 58.9 Å². The molecular formula is C25H36N2O2. The molecule has 0 radical (unpaired) electrons. The molecule has 29 heavy (non-hydrogen) atoms. The number of benzene rings is 2. The van der Waals surface area contributed by atoms with Crippen LogP contribution in [0.4, 0.5) is 0 Å². The molecule has 0 aliphatic heterocycles. The first-order valence-electron chi connectivity index (χ1n) is 10.2. The summed E-state index contributed by atoms with van der Waals surface area (Å²) < 4.78 is 0. The molecule has 0 atom stereocenters. The number of rotatable bonds is 6. The zero-order valence-corrected chi connectivity index (χ0v) is 19.0. The zero-order valence-electron chi connectivity index (χ0n) is 19.0. The van der Waals surface area contributed by atoms with E-state index in [0.717, 1.165) is 28.8 Å². The van der Waals surface area contributed by atoms with E-state index in [1.165, 1.54) is 0 Å². The molecule has 0 amide bonds. The van der Waals surface area contributed by atoms with Gasteiger partial charge in [-0.15, -0.1) is 0 Å². The third-order valence-corrected chi connectivity index (χ3v) is 5.08. The highest BCUT2D eigenvalue weighted by Crippen LogP contribution is 2.34. The van der Waals surface area contributed by atoms with E-state index in [2.05, 4.69) is 51.4 Å². The number of nitrogens with zero attached hydrogens (tertiary/aromatic N) is 2. The molecule has 0 saturated carbocycles. The van der Waals surface area contributed by atoms with Crippen LogP contribution in [0.5, 0.6) is 11.5 Å². The first-order chi connectivity index (χ1) is 13.4. The normalized spacial score (nSPS) is 12.8. The zero-order chi connectivity index (χ0) is 21.8. The molecule has 2 aromatic rings. The molecule has 0 bridgehead atoms. The number of phenolic OH excluding ortho intramolecular Hbond substituents is 2. The highest BCUT2D eigenvalue weighted by atomic mass is 16.3. The van der Waals surface area contributed by atoms with Crippen LogP contribution in [0.15, 0.2) is 41.4 Å². The second-order valence-corrected chi connectivity index (χ2v) is 9.83. The Morgan fingerprint density at radius 1 is 0.862 bits per heavy atom. The van der Waals surface area contributed by atoms with Crippen LogP contribution in [-0.2, 0) is 17.4 Å². The largest absolute Gasteiger partial charge is 0.507 e. The molecule has 158 valence electrons. The highest BCUT2D eigenvalue weighted by molar-refractivity contribution is 5.84. The van der Waals surface area contributed by atoms with Gasteiger partial charge in [0.15, 0.2) is 0 Å². The summed E-state index contributed by atoms with van der Waals surface area (Å²) in [6, 6.07) is 11.8. The van der Waals surface area contributed by atoms with Crippen LogP contribution in [0, 0.1) is 0 Å². The number of aliphatic imine (C=N–C) groups is 1. The Kier molecular flexibility index (Phi) is 7.12. The molecule has 0 unspecified atom stereocenters. The predicted octanol–water partition coefficient (Wildman–Crippen LogP) is 5.24. The van der Waals surface area contributed by atoms with Gasteiger partial charge < -0.3 is 15.1 Å². The number of phenols is 2. The maximum absolute atomic E-state index is 10.6. The molecule has 0 aromatic heterocycles. The lowest BCUT2D eigenvalue weighted by atomic mass is 9.85. The second kappa shape index (κ2) is 9.00. The van der Waals surface area contributed by atoms with Gasteiger partial charge in [-0.3, -0.25) is 4.99 Å². The van der Waals surface area contributed by atoms with E-state index in [0.29, 0.717) is 24.6 Å². The van der Waals surface area contributed by atoms with Crippen LogP contribution in [0.1, 0.15) is 63.8 Å². The molecule has 0 aliphatic carbocycles. The lowest BCUT2D eigenvalue weighted by molar-refractivity contribution is 0.327. The summed E-state index contributed by atoms with van der Waals surface area (Å²) in [6.07, 6.45) is 1.75. The van der Waals surface area contributed by atoms with Gasteiger partial charge in [-0.1, -0.05) is 71.9 Å². The van der Waals surface area contributed by atoms with Crippen molar-refractivity contribution in [1.82, 2.24) is 4.90 Å². The molecule has 4 nitrogen and oxygen atoms in total. The summed E-state index contributed by atoms with van der Waals surface area (Å²) in [5.41, 5.74) is 3.36. The van der Waals surface area contributed by atoms with Gasteiger partial charge in [0.05, 0.1) is 6.54 Å². The van der Waals surface area contributed by atoms with E-state index in [-0.39, 0.29) is 10.8 Å². The van der Waals surface area contributed by atoms with E-state index in [9.17, 15) is 10.2 Å². The average Bonchev–Trinajstić information content (AvgIpc) is 2.59. The monoisotopic (exact) mass is 396 g/mol. The van der Waals surface area contributed by atoms with Crippen LogP contribution < -0.4 is 0 Å². The maximum Gasteiger partial charge on any atom is 0.128 e. The smallest absolute Gasteiger partial charge is 0.128 e. The topological polar surface area (TPSA) is 56.1 Å². The minimum atomic E-state index is -0.113. The SMILES string of the molecule is CN(CCN=Cc1cccc(C(C)(C)C)c1O)Cc1cccc(C(C)(C)C)c1O. The summed E-state index contributed by atoms with van der Waals surface area (Å²) in [7, 11) is 2.02. The van der Waals surface area contributed by atoms with E-state index in [4.69, 9.17) is 0 Å². The summed E-state index contributed by atoms with van der Waals surface area (Å²) in [5, 5.41) is 21.2. The molecular weight excluding hydrogens is 360 g/mol. The molecule has 4 heteroatoms. The number of likely N-dealkylation sites (N-methyl/N-ethyl adjacent to an activating group) is 1. The molecule has 0 heterocycles. The Morgan fingerprint density at radius 3 is 2.00 bits per heavy atom. The fourth-order valence-electron chi connectivity index (χ4n) is 3.36. The number of aromatic hydroxyl groups is 2. The Bertz CT molecular complexity index is 858. The van der Waals surface area contributed by atoms with Gasteiger partial charge in [0.25, 0.3) is 0 Å². The number of para-hydroxylation sites is 2. The highest BCUT2D eigenvalue weighted by Gasteiger charge is 2.20. The van der Waals surface area contributed by atoms with Crippen molar-refractivity contribution in [3.8, 4) is 11.5 Å². The predicted molar refractivity (Wildman–Crippen MR) is 122 cm³/mol. The van der Waals surface area contributed by atoms with Crippen molar-refractivity contribution in [2.24, 2.45) is 4.99 Å². The first-order valence-corrected chi connectivity index (χ1v) is 10.2. The first kappa shape index (κ1) is 23.0. The van der Waals surface area contributed by atoms with Crippen molar-refractivity contribution in [2.75, 3.05) is 20.1 Å². The van der Waals surface area contributed by atoms with Crippen molar-refractivity contribution in [3.05, 3.63) is 58.7 Å². The lowest BCUT2D eigenvalue weighted by Crippen LogP contribution is -2.22. The maximum atomic E-state index is 10.6.